The average molecular weight is 483 g/mol. The van der Waals surface area contributed by atoms with E-state index in [1.54, 1.807) is 48.5 Å². The molecule has 0 saturated heterocycles. The number of carbonyl (C=O) groups is 2. The van der Waals surface area contributed by atoms with Crippen molar-refractivity contribution in [2.45, 2.75) is 0 Å². The maximum absolute atomic E-state index is 12.7. The molecular weight excluding hydrogens is 471 g/mol. The van der Waals surface area contributed by atoms with Crippen LogP contribution in [0.2, 0.25) is 5.02 Å². The normalized spacial score (nSPS) is 10.3. The van der Waals surface area contributed by atoms with Gasteiger partial charge >= 0.3 is 0 Å². The first-order valence-corrected chi connectivity index (χ1v) is 9.58. The number of amides is 2. The summed E-state index contributed by atoms with van der Waals surface area (Å²) in [4.78, 5) is 25.5. The van der Waals surface area contributed by atoms with Crippen LogP contribution in [0.4, 0.5) is 11.4 Å². The molecule has 126 valence electrons. The molecule has 1 heterocycles. The average Bonchev–Trinajstić information content (AvgIpc) is 3.11. The summed E-state index contributed by atoms with van der Waals surface area (Å²) in [5, 5.41) is 7.96. The number of hydrogen-bond acceptors (Lipinski definition) is 3. The Labute approximate surface area is 167 Å². The van der Waals surface area contributed by atoms with Crippen molar-refractivity contribution in [3.63, 3.8) is 0 Å². The summed E-state index contributed by atoms with van der Waals surface area (Å²) in [6, 6.07) is 15.7. The van der Waals surface area contributed by atoms with Gasteiger partial charge in [-0.25, -0.2) is 0 Å². The predicted octanol–water partition coefficient (Wildman–Crippen LogP) is 5.51. The van der Waals surface area contributed by atoms with Gasteiger partial charge in [0.05, 0.1) is 16.1 Å². The molecule has 0 aliphatic carbocycles. The lowest BCUT2D eigenvalue weighted by Crippen LogP contribution is -2.18. The van der Waals surface area contributed by atoms with Crippen LogP contribution in [0.1, 0.15) is 20.0 Å². The van der Waals surface area contributed by atoms with E-state index in [4.69, 9.17) is 11.6 Å². The van der Waals surface area contributed by atoms with Crippen molar-refractivity contribution in [2.24, 2.45) is 0 Å². The quantitative estimate of drug-likeness (QED) is 0.482. The molecule has 2 amide bonds. The van der Waals surface area contributed by atoms with Gasteiger partial charge in [-0.15, -0.1) is 11.3 Å². The molecule has 0 radical (unpaired) electrons. The fourth-order valence-corrected chi connectivity index (χ4v) is 3.47. The van der Waals surface area contributed by atoms with Gasteiger partial charge in [0.25, 0.3) is 11.8 Å². The van der Waals surface area contributed by atoms with E-state index >= 15 is 0 Å². The minimum Gasteiger partial charge on any atom is -0.322 e. The Morgan fingerprint density at radius 1 is 0.960 bits per heavy atom. The molecule has 4 nitrogen and oxygen atoms in total. The van der Waals surface area contributed by atoms with Crippen LogP contribution in [0.3, 0.4) is 0 Å². The summed E-state index contributed by atoms with van der Waals surface area (Å²) in [5.74, 6) is -0.560. The number of benzene rings is 2. The molecule has 0 bridgehead atoms. The molecule has 2 N–H and O–H groups in total. The van der Waals surface area contributed by atoms with Crippen LogP contribution in [0.15, 0.2) is 60.0 Å². The lowest BCUT2D eigenvalue weighted by atomic mass is 10.1. The van der Waals surface area contributed by atoms with Crippen LogP contribution in [0, 0.1) is 3.57 Å². The maximum Gasteiger partial charge on any atom is 0.265 e. The third-order valence-corrected chi connectivity index (χ3v) is 5.08. The lowest BCUT2D eigenvalue weighted by Gasteiger charge is -2.12. The fraction of sp³-hybridized carbons (Fsp3) is 0. The Morgan fingerprint density at radius 3 is 2.52 bits per heavy atom. The molecule has 2 aromatic carbocycles. The van der Waals surface area contributed by atoms with E-state index in [0.29, 0.717) is 26.8 Å². The number of carbonyl (C=O) groups excluding carboxylic acids is 2. The van der Waals surface area contributed by atoms with Gasteiger partial charge in [-0.2, -0.15) is 0 Å². The van der Waals surface area contributed by atoms with Gasteiger partial charge in [0, 0.05) is 14.3 Å². The van der Waals surface area contributed by atoms with E-state index in [1.165, 1.54) is 11.3 Å². The summed E-state index contributed by atoms with van der Waals surface area (Å²) in [6.45, 7) is 0. The minimum atomic E-state index is -0.317. The zero-order valence-electron chi connectivity index (χ0n) is 12.8. The topological polar surface area (TPSA) is 58.2 Å². The molecule has 3 rings (SSSR count). The van der Waals surface area contributed by atoms with E-state index in [9.17, 15) is 9.59 Å². The van der Waals surface area contributed by atoms with Crippen LogP contribution in [-0.4, -0.2) is 11.8 Å². The molecule has 1 aromatic heterocycles. The monoisotopic (exact) mass is 482 g/mol. The first-order chi connectivity index (χ1) is 12.0. The molecule has 3 aromatic rings. The molecule has 7 heteroatoms. The molecule has 0 unspecified atom stereocenters. The Balaban J connectivity index is 1.85. The van der Waals surface area contributed by atoms with Crippen molar-refractivity contribution in [3.8, 4) is 0 Å². The van der Waals surface area contributed by atoms with Crippen LogP contribution in [-0.2, 0) is 0 Å². The first kappa shape index (κ1) is 17.9. The molecule has 0 atom stereocenters. The van der Waals surface area contributed by atoms with Crippen molar-refractivity contribution >= 4 is 68.7 Å². The Morgan fingerprint density at radius 2 is 1.80 bits per heavy atom. The number of thiophene rings is 1. The summed E-state index contributed by atoms with van der Waals surface area (Å²) in [5.41, 5.74) is 1.43. The van der Waals surface area contributed by atoms with Gasteiger partial charge in [-0.05, 0) is 70.4 Å². The van der Waals surface area contributed by atoms with Gasteiger partial charge < -0.3 is 10.6 Å². The summed E-state index contributed by atoms with van der Waals surface area (Å²) in [7, 11) is 0. The number of anilines is 2. The second-order valence-electron chi connectivity index (χ2n) is 5.09. The van der Waals surface area contributed by atoms with Crippen molar-refractivity contribution in [1.82, 2.24) is 0 Å². The Bertz CT molecular complexity index is 929. The van der Waals surface area contributed by atoms with Crippen molar-refractivity contribution in [2.75, 3.05) is 10.6 Å². The summed E-state index contributed by atoms with van der Waals surface area (Å²) >= 11 is 9.42. The van der Waals surface area contributed by atoms with Gasteiger partial charge in [0.1, 0.15) is 0 Å². The van der Waals surface area contributed by atoms with Gasteiger partial charge in [0.15, 0.2) is 0 Å². The smallest absolute Gasteiger partial charge is 0.265 e. The number of hydrogen-bond donors (Lipinski definition) is 2. The Hall–Kier alpha value is -1.90. The second kappa shape index (κ2) is 7.99. The van der Waals surface area contributed by atoms with E-state index in [1.807, 2.05) is 11.4 Å². The number of halogens is 2. The first-order valence-electron chi connectivity index (χ1n) is 7.24. The highest BCUT2D eigenvalue weighted by Crippen LogP contribution is 2.23. The fourth-order valence-electron chi connectivity index (χ4n) is 2.17. The van der Waals surface area contributed by atoms with Crippen molar-refractivity contribution < 1.29 is 9.59 Å². The standard InChI is InChI=1S/C18H12ClIN2O2S/c19-11-3-1-4-13(9-11)21-17(23)14-10-12(20)6-7-15(14)22-18(24)16-5-2-8-25-16/h1-10H,(H,21,23)(H,22,24). The molecule has 0 saturated carbocycles. The molecular formula is C18H12ClIN2O2S. The predicted molar refractivity (Wildman–Crippen MR) is 111 cm³/mol. The SMILES string of the molecule is O=C(Nc1ccc(I)cc1C(=O)Nc1cccc(Cl)c1)c1cccs1. The van der Waals surface area contributed by atoms with Crippen molar-refractivity contribution in [3.05, 3.63) is 79.0 Å². The van der Waals surface area contributed by atoms with Gasteiger partial charge in [-0.3, -0.25) is 9.59 Å². The zero-order valence-corrected chi connectivity index (χ0v) is 16.5. The van der Waals surface area contributed by atoms with Crippen LogP contribution >= 0.6 is 45.5 Å². The number of nitrogens with one attached hydrogen (secondary N) is 2. The van der Waals surface area contributed by atoms with Crippen LogP contribution in [0.25, 0.3) is 0 Å². The van der Waals surface area contributed by atoms with Crippen LogP contribution < -0.4 is 10.6 Å². The minimum absolute atomic E-state index is 0.243. The molecule has 25 heavy (non-hydrogen) atoms. The molecule has 0 spiro atoms. The van der Waals surface area contributed by atoms with E-state index in [0.717, 1.165) is 3.57 Å². The van der Waals surface area contributed by atoms with E-state index in [2.05, 4.69) is 33.2 Å². The molecule has 0 fully saturated rings. The van der Waals surface area contributed by atoms with Gasteiger partial charge in [0.2, 0.25) is 0 Å². The summed E-state index contributed by atoms with van der Waals surface area (Å²) < 4.78 is 0.892. The third-order valence-electron chi connectivity index (χ3n) is 3.30. The highest BCUT2D eigenvalue weighted by Gasteiger charge is 2.16. The van der Waals surface area contributed by atoms with E-state index in [-0.39, 0.29) is 11.8 Å². The van der Waals surface area contributed by atoms with Crippen molar-refractivity contribution in [1.29, 1.82) is 0 Å². The summed E-state index contributed by atoms with van der Waals surface area (Å²) in [6.07, 6.45) is 0. The highest BCUT2D eigenvalue weighted by molar-refractivity contribution is 14.1. The molecule has 0 aliphatic rings. The highest BCUT2D eigenvalue weighted by atomic mass is 127. The molecule has 0 aliphatic heterocycles. The second-order valence-corrected chi connectivity index (χ2v) is 7.72. The Kier molecular flexibility index (Phi) is 5.72. The number of rotatable bonds is 4. The van der Waals surface area contributed by atoms with Crippen LogP contribution in [0.5, 0.6) is 0 Å². The lowest BCUT2D eigenvalue weighted by molar-refractivity contribution is 0.102. The maximum atomic E-state index is 12.7. The largest absolute Gasteiger partial charge is 0.322 e. The van der Waals surface area contributed by atoms with Gasteiger partial charge in [-0.1, -0.05) is 23.7 Å². The third kappa shape index (κ3) is 4.59. The van der Waals surface area contributed by atoms with E-state index < -0.39 is 0 Å². The zero-order chi connectivity index (χ0) is 17.8.